The minimum atomic E-state index is -0.894. The lowest BCUT2D eigenvalue weighted by atomic mass is 10.5. The third-order valence-electron chi connectivity index (χ3n) is 1.06. The monoisotopic (exact) mass is 161 g/mol. The molecule has 0 atom stereocenters. The molecule has 0 heterocycles. The number of nitrogens with two attached hydrogens (primary N) is 2. The zero-order chi connectivity index (χ0) is 8.85. The number of urea groups is 1. The maximum Gasteiger partial charge on any atom is 0.321 e. The molecule has 6 heteroatoms. The molecule has 6 nitrogen and oxygen atoms in total. The Morgan fingerprint density at radius 2 is 2.00 bits per heavy atom. The van der Waals surface area contributed by atoms with Crippen LogP contribution in [0.25, 0.3) is 0 Å². The summed E-state index contributed by atoms with van der Waals surface area (Å²) in [5, 5.41) is 8.34. The third kappa shape index (κ3) is 2.96. The SMILES string of the molecule is NCCN(C(N)=O)C(=O)CO. The summed E-state index contributed by atoms with van der Waals surface area (Å²) in [7, 11) is 0. The van der Waals surface area contributed by atoms with Crippen molar-refractivity contribution < 1.29 is 14.7 Å². The molecule has 0 aliphatic rings. The molecule has 11 heavy (non-hydrogen) atoms. The molecule has 0 aromatic rings. The highest BCUT2D eigenvalue weighted by molar-refractivity contribution is 5.94. The number of carbonyl (C=O) groups is 2. The van der Waals surface area contributed by atoms with Gasteiger partial charge in [-0.2, -0.15) is 0 Å². The number of aliphatic hydroxyl groups excluding tert-OH is 1. The molecular weight excluding hydrogens is 150 g/mol. The van der Waals surface area contributed by atoms with Gasteiger partial charge in [0.1, 0.15) is 6.61 Å². The normalized spacial score (nSPS) is 9.27. The largest absolute Gasteiger partial charge is 0.387 e. The zero-order valence-electron chi connectivity index (χ0n) is 5.99. The summed E-state index contributed by atoms with van der Waals surface area (Å²) >= 11 is 0. The molecule has 0 rings (SSSR count). The summed E-state index contributed by atoms with van der Waals surface area (Å²) in [4.78, 5) is 21.8. The molecule has 0 unspecified atom stereocenters. The molecule has 0 bridgehead atoms. The van der Waals surface area contributed by atoms with Gasteiger partial charge >= 0.3 is 6.03 Å². The molecule has 0 aromatic carbocycles. The van der Waals surface area contributed by atoms with Crippen molar-refractivity contribution in [2.45, 2.75) is 0 Å². The van der Waals surface area contributed by atoms with Gasteiger partial charge in [-0.05, 0) is 0 Å². The standard InChI is InChI=1S/C5H11N3O3/c6-1-2-8(5(7)11)4(10)3-9/h9H,1-3,6H2,(H2,7,11). The van der Waals surface area contributed by atoms with Crippen molar-refractivity contribution >= 4 is 11.9 Å². The van der Waals surface area contributed by atoms with Gasteiger partial charge in [-0.25, -0.2) is 4.79 Å². The van der Waals surface area contributed by atoms with Crippen LogP contribution in [0, 0.1) is 0 Å². The predicted molar refractivity (Wildman–Crippen MR) is 37.4 cm³/mol. The maximum atomic E-state index is 10.7. The Hall–Kier alpha value is -1.14. The molecule has 64 valence electrons. The van der Waals surface area contributed by atoms with Crippen LogP contribution in [0.5, 0.6) is 0 Å². The lowest BCUT2D eigenvalue weighted by molar-refractivity contribution is -0.130. The van der Waals surface area contributed by atoms with E-state index in [0.717, 1.165) is 0 Å². The van der Waals surface area contributed by atoms with E-state index in [-0.39, 0.29) is 13.1 Å². The van der Waals surface area contributed by atoms with Crippen molar-refractivity contribution in [1.82, 2.24) is 4.90 Å². The molecule has 0 fully saturated rings. The summed E-state index contributed by atoms with van der Waals surface area (Å²) in [5.74, 6) is -0.733. The molecule has 0 aromatic heterocycles. The average molecular weight is 161 g/mol. The van der Waals surface area contributed by atoms with Crippen molar-refractivity contribution in [1.29, 1.82) is 0 Å². The van der Waals surface area contributed by atoms with Crippen molar-refractivity contribution in [3.63, 3.8) is 0 Å². The van der Waals surface area contributed by atoms with Gasteiger partial charge in [0.25, 0.3) is 5.91 Å². The second-order valence-corrected chi connectivity index (χ2v) is 1.83. The van der Waals surface area contributed by atoms with Crippen molar-refractivity contribution in [3.8, 4) is 0 Å². The van der Waals surface area contributed by atoms with E-state index in [1.165, 1.54) is 0 Å². The van der Waals surface area contributed by atoms with Gasteiger partial charge in [0, 0.05) is 13.1 Å². The Morgan fingerprint density at radius 1 is 1.45 bits per heavy atom. The number of primary amides is 1. The fraction of sp³-hybridized carbons (Fsp3) is 0.600. The zero-order valence-corrected chi connectivity index (χ0v) is 5.99. The van der Waals surface area contributed by atoms with E-state index in [9.17, 15) is 9.59 Å². The number of amides is 3. The van der Waals surface area contributed by atoms with E-state index in [2.05, 4.69) is 0 Å². The number of hydrogen-bond acceptors (Lipinski definition) is 4. The van der Waals surface area contributed by atoms with E-state index in [4.69, 9.17) is 16.6 Å². The lowest BCUT2D eigenvalue weighted by Crippen LogP contribution is -2.44. The van der Waals surface area contributed by atoms with Crippen LogP contribution in [0.15, 0.2) is 0 Å². The van der Waals surface area contributed by atoms with E-state index >= 15 is 0 Å². The molecule has 5 N–H and O–H groups in total. The molecule has 0 saturated carbocycles. The van der Waals surface area contributed by atoms with Crippen LogP contribution in [-0.2, 0) is 4.79 Å². The van der Waals surface area contributed by atoms with E-state index < -0.39 is 18.5 Å². The van der Waals surface area contributed by atoms with Crippen molar-refractivity contribution in [2.24, 2.45) is 11.5 Å². The first-order valence-corrected chi connectivity index (χ1v) is 3.04. The highest BCUT2D eigenvalue weighted by atomic mass is 16.3. The molecular formula is C5H11N3O3. The first kappa shape index (κ1) is 9.86. The van der Waals surface area contributed by atoms with Gasteiger partial charge in [-0.3, -0.25) is 9.69 Å². The van der Waals surface area contributed by atoms with Gasteiger partial charge in [0.15, 0.2) is 0 Å². The Bertz CT molecular complexity index is 159. The van der Waals surface area contributed by atoms with Crippen molar-refractivity contribution in [2.75, 3.05) is 19.7 Å². The quantitative estimate of drug-likeness (QED) is 0.438. The number of imide groups is 1. The molecule has 0 aliphatic carbocycles. The van der Waals surface area contributed by atoms with E-state index in [0.29, 0.717) is 4.90 Å². The summed E-state index contributed by atoms with van der Waals surface area (Å²) in [5.41, 5.74) is 9.88. The van der Waals surface area contributed by atoms with Gasteiger partial charge in [-0.15, -0.1) is 0 Å². The number of rotatable bonds is 3. The van der Waals surface area contributed by atoms with Crippen LogP contribution in [0.4, 0.5) is 4.79 Å². The highest BCUT2D eigenvalue weighted by Crippen LogP contribution is 1.86. The Balaban J connectivity index is 4.09. The second kappa shape index (κ2) is 4.64. The topological polar surface area (TPSA) is 110 Å². The number of carbonyl (C=O) groups excluding carboxylic acids is 2. The Morgan fingerprint density at radius 3 is 2.27 bits per heavy atom. The second-order valence-electron chi connectivity index (χ2n) is 1.83. The van der Waals surface area contributed by atoms with Gasteiger partial charge in [0.05, 0.1) is 0 Å². The van der Waals surface area contributed by atoms with Crippen LogP contribution in [0.2, 0.25) is 0 Å². The maximum absolute atomic E-state index is 10.7. The summed E-state index contributed by atoms with van der Waals surface area (Å²) in [6.45, 7) is -0.563. The summed E-state index contributed by atoms with van der Waals surface area (Å²) in [6, 6.07) is -0.894. The van der Waals surface area contributed by atoms with Gasteiger partial charge in [0.2, 0.25) is 0 Å². The number of aliphatic hydroxyl groups is 1. The average Bonchev–Trinajstić information content (AvgIpc) is 1.98. The summed E-state index contributed by atoms with van der Waals surface area (Å²) < 4.78 is 0. The molecule has 3 amide bonds. The smallest absolute Gasteiger partial charge is 0.321 e. The number of hydrogen-bond donors (Lipinski definition) is 3. The fourth-order valence-electron chi connectivity index (χ4n) is 0.572. The first-order valence-electron chi connectivity index (χ1n) is 3.04. The molecule has 0 radical (unpaired) electrons. The van der Waals surface area contributed by atoms with Crippen LogP contribution >= 0.6 is 0 Å². The van der Waals surface area contributed by atoms with Crippen LogP contribution in [0.3, 0.4) is 0 Å². The Kier molecular flexibility index (Phi) is 4.16. The summed E-state index contributed by atoms with van der Waals surface area (Å²) in [6.07, 6.45) is 0. The lowest BCUT2D eigenvalue weighted by Gasteiger charge is -2.15. The third-order valence-corrected chi connectivity index (χ3v) is 1.06. The van der Waals surface area contributed by atoms with Crippen LogP contribution < -0.4 is 11.5 Å². The van der Waals surface area contributed by atoms with Crippen LogP contribution in [0.1, 0.15) is 0 Å². The molecule has 0 spiro atoms. The van der Waals surface area contributed by atoms with E-state index in [1.807, 2.05) is 0 Å². The van der Waals surface area contributed by atoms with Crippen molar-refractivity contribution in [3.05, 3.63) is 0 Å². The molecule has 0 saturated heterocycles. The van der Waals surface area contributed by atoms with Crippen LogP contribution in [-0.4, -0.2) is 41.6 Å². The highest BCUT2D eigenvalue weighted by Gasteiger charge is 2.15. The van der Waals surface area contributed by atoms with Gasteiger partial charge < -0.3 is 16.6 Å². The molecule has 0 aliphatic heterocycles. The predicted octanol–water partition coefficient (Wildman–Crippen LogP) is -2.16. The van der Waals surface area contributed by atoms with E-state index in [1.54, 1.807) is 0 Å². The fourth-order valence-corrected chi connectivity index (χ4v) is 0.572. The minimum Gasteiger partial charge on any atom is -0.387 e. The van der Waals surface area contributed by atoms with Gasteiger partial charge in [-0.1, -0.05) is 0 Å². The minimum absolute atomic E-state index is 0.0364. The first-order chi connectivity index (χ1) is 5.13. The Labute approximate surface area is 63.8 Å². The number of nitrogens with zero attached hydrogens (tertiary/aromatic N) is 1.